The molecule has 0 nitrogen and oxygen atoms in total. The van der Waals surface area contributed by atoms with Crippen LogP contribution in [0.1, 0.15) is 127 Å². The van der Waals surface area contributed by atoms with Crippen molar-refractivity contribution in [3.63, 3.8) is 0 Å². The third-order valence-electron chi connectivity index (χ3n) is 5.61. The fourth-order valence-electron chi connectivity index (χ4n) is 3.84. The third kappa shape index (κ3) is 11.4. The Kier molecular flexibility index (Phi) is 13.8. The van der Waals surface area contributed by atoms with Crippen LogP contribution < -0.4 is 0 Å². The van der Waals surface area contributed by atoms with E-state index >= 15 is 0 Å². The van der Waals surface area contributed by atoms with Gasteiger partial charge in [-0.2, -0.15) is 0 Å². The maximum atomic E-state index is 2.39. The summed E-state index contributed by atoms with van der Waals surface area (Å²) in [6.07, 6.45) is 21.2. The maximum absolute atomic E-state index is 2.39. The minimum Gasteiger partial charge on any atom is -0.0654 e. The van der Waals surface area contributed by atoms with Gasteiger partial charge in [-0.15, -0.1) is 0 Å². The van der Waals surface area contributed by atoms with Gasteiger partial charge in [-0.3, -0.25) is 0 Å². The highest BCUT2D eigenvalue weighted by Crippen LogP contribution is 2.29. The Bertz CT molecular complexity index is 389. The van der Waals surface area contributed by atoms with Crippen LogP contribution >= 0.6 is 0 Å². The zero-order valence-corrected chi connectivity index (χ0v) is 17.5. The van der Waals surface area contributed by atoms with Crippen LogP contribution in [0.3, 0.4) is 0 Å². The third-order valence-corrected chi connectivity index (χ3v) is 5.61. The van der Waals surface area contributed by atoms with Gasteiger partial charge < -0.3 is 0 Å². The van der Waals surface area contributed by atoms with E-state index in [0.29, 0.717) is 0 Å². The maximum Gasteiger partial charge on any atom is -0.0162 e. The zero-order valence-electron chi connectivity index (χ0n) is 17.5. The Morgan fingerprint density at radius 2 is 0.960 bits per heavy atom. The van der Waals surface area contributed by atoms with Crippen molar-refractivity contribution in [2.45, 2.75) is 123 Å². The van der Waals surface area contributed by atoms with Gasteiger partial charge in [0.05, 0.1) is 0 Å². The smallest absolute Gasteiger partial charge is 0.0162 e. The molecule has 0 heterocycles. The first-order valence-electron chi connectivity index (χ1n) is 11.3. The van der Waals surface area contributed by atoms with Gasteiger partial charge in [0.2, 0.25) is 0 Å². The Morgan fingerprint density at radius 1 is 0.560 bits per heavy atom. The van der Waals surface area contributed by atoms with Crippen LogP contribution in [0.15, 0.2) is 24.3 Å². The molecule has 1 aromatic rings. The van der Waals surface area contributed by atoms with Crippen LogP contribution in [-0.4, -0.2) is 0 Å². The van der Waals surface area contributed by atoms with Crippen LogP contribution in [0.4, 0.5) is 0 Å². The first-order chi connectivity index (χ1) is 12.3. The molecule has 0 saturated carbocycles. The molecule has 1 atom stereocenters. The molecule has 0 aliphatic carbocycles. The van der Waals surface area contributed by atoms with E-state index in [1.165, 1.54) is 102 Å². The molecule has 0 aromatic heterocycles. The highest BCUT2D eigenvalue weighted by atomic mass is 14.2. The van der Waals surface area contributed by atoms with Crippen molar-refractivity contribution >= 4 is 0 Å². The van der Waals surface area contributed by atoms with Gasteiger partial charge in [-0.25, -0.2) is 0 Å². The van der Waals surface area contributed by atoms with E-state index in [1.807, 2.05) is 0 Å². The summed E-state index contributed by atoms with van der Waals surface area (Å²) in [5, 5.41) is 0. The van der Waals surface area contributed by atoms with Gasteiger partial charge >= 0.3 is 0 Å². The summed E-state index contributed by atoms with van der Waals surface area (Å²) in [6, 6.07) is 9.37. The van der Waals surface area contributed by atoms with Crippen molar-refractivity contribution in [2.75, 3.05) is 0 Å². The first-order valence-corrected chi connectivity index (χ1v) is 11.3. The molecule has 0 fully saturated rings. The lowest BCUT2D eigenvalue weighted by Gasteiger charge is -2.18. The molecule has 0 N–H and O–H groups in total. The van der Waals surface area contributed by atoms with E-state index in [4.69, 9.17) is 0 Å². The topological polar surface area (TPSA) is 0 Å². The molecular weight excluding hydrogens is 300 g/mol. The second-order valence-corrected chi connectivity index (χ2v) is 8.07. The van der Waals surface area contributed by atoms with Crippen molar-refractivity contribution in [3.05, 3.63) is 35.4 Å². The predicted molar refractivity (Wildman–Crippen MR) is 115 cm³/mol. The quantitative estimate of drug-likeness (QED) is 0.262. The molecule has 1 unspecified atom stereocenters. The average molecular weight is 345 g/mol. The molecule has 0 spiro atoms. The summed E-state index contributed by atoms with van der Waals surface area (Å²) < 4.78 is 0. The summed E-state index contributed by atoms with van der Waals surface area (Å²) in [7, 11) is 0. The first kappa shape index (κ1) is 22.3. The number of unbranched alkanes of at least 4 members (excludes halogenated alkanes) is 11. The van der Waals surface area contributed by atoms with Crippen molar-refractivity contribution < 1.29 is 0 Å². The fourth-order valence-corrected chi connectivity index (χ4v) is 3.84. The number of aryl methyl sites for hydroxylation is 1. The molecule has 1 rings (SSSR count). The van der Waals surface area contributed by atoms with Gasteiger partial charge in [0, 0.05) is 0 Å². The summed E-state index contributed by atoms with van der Waals surface area (Å²) >= 11 is 0. The second kappa shape index (κ2) is 15.5. The Morgan fingerprint density at radius 3 is 1.40 bits per heavy atom. The summed E-state index contributed by atoms with van der Waals surface area (Å²) in [5.74, 6) is 0.794. The summed E-state index contributed by atoms with van der Waals surface area (Å²) in [5.41, 5.74) is 2.98. The summed E-state index contributed by atoms with van der Waals surface area (Å²) in [6.45, 7) is 6.80. The van der Waals surface area contributed by atoms with Gasteiger partial charge in [0.25, 0.3) is 0 Å². The Balaban J connectivity index is 2.31. The lowest BCUT2D eigenvalue weighted by Crippen LogP contribution is -2.00. The predicted octanol–water partition coefficient (Wildman–Crippen LogP) is 8.97. The second-order valence-electron chi connectivity index (χ2n) is 8.07. The van der Waals surface area contributed by atoms with E-state index in [0.717, 1.165) is 5.92 Å². The van der Waals surface area contributed by atoms with E-state index < -0.39 is 0 Å². The van der Waals surface area contributed by atoms with Gasteiger partial charge in [0.1, 0.15) is 0 Å². The van der Waals surface area contributed by atoms with Crippen LogP contribution in [0.25, 0.3) is 0 Å². The SMILES string of the molecule is CCCCCCCCCC(CCCCCCCC)c1ccc(C)cc1. The van der Waals surface area contributed by atoms with Crippen LogP contribution in [-0.2, 0) is 0 Å². The molecule has 1 aromatic carbocycles. The van der Waals surface area contributed by atoms with Crippen molar-refractivity contribution in [1.29, 1.82) is 0 Å². The lowest BCUT2D eigenvalue weighted by molar-refractivity contribution is 0.485. The van der Waals surface area contributed by atoms with Crippen molar-refractivity contribution in [3.8, 4) is 0 Å². The highest BCUT2D eigenvalue weighted by molar-refractivity contribution is 5.24. The molecule has 0 saturated heterocycles. The zero-order chi connectivity index (χ0) is 18.2. The van der Waals surface area contributed by atoms with E-state index in [2.05, 4.69) is 45.0 Å². The number of benzene rings is 1. The van der Waals surface area contributed by atoms with Gasteiger partial charge in [-0.1, -0.05) is 127 Å². The molecule has 0 amide bonds. The average Bonchev–Trinajstić information content (AvgIpc) is 2.63. The van der Waals surface area contributed by atoms with Gasteiger partial charge in [-0.05, 0) is 31.2 Å². The van der Waals surface area contributed by atoms with E-state index in [9.17, 15) is 0 Å². The lowest BCUT2D eigenvalue weighted by atomic mass is 9.87. The Hall–Kier alpha value is -0.780. The van der Waals surface area contributed by atoms with Gasteiger partial charge in [0.15, 0.2) is 0 Å². The molecule has 0 radical (unpaired) electrons. The van der Waals surface area contributed by atoms with Crippen LogP contribution in [0, 0.1) is 6.92 Å². The largest absolute Gasteiger partial charge is 0.0654 e. The standard InChI is InChI=1S/C25H44/c1-4-6-8-10-12-14-16-18-24(17-15-13-11-9-7-5-2)25-21-19-23(3)20-22-25/h19-22,24H,4-18H2,1-3H3. The summed E-state index contributed by atoms with van der Waals surface area (Å²) in [4.78, 5) is 0. The Labute approximate surface area is 158 Å². The fraction of sp³-hybridized carbons (Fsp3) is 0.760. The highest BCUT2D eigenvalue weighted by Gasteiger charge is 2.11. The van der Waals surface area contributed by atoms with Crippen LogP contribution in [0.5, 0.6) is 0 Å². The molecule has 144 valence electrons. The minimum atomic E-state index is 0.794. The normalized spacial score (nSPS) is 12.4. The molecule has 25 heavy (non-hydrogen) atoms. The minimum absolute atomic E-state index is 0.794. The molecule has 0 aliphatic heterocycles. The number of hydrogen-bond donors (Lipinski definition) is 0. The number of rotatable bonds is 16. The van der Waals surface area contributed by atoms with E-state index in [-0.39, 0.29) is 0 Å². The monoisotopic (exact) mass is 344 g/mol. The molecular formula is C25H44. The molecule has 0 aliphatic rings. The molecule has 0 heteroatoms. The van der Waals surface area contributed by atoms with Crippen molar-refractivity contribution in [2.24, 2.45) is 0 Å². The van der Waals surface area contributed by atoms with Crippen LogP contribution in [0.2, 0.25) is 0 Å². The van der Waals surface area contributed by atoms with Crippen molar-refractivity contribution in [1.82, 2.24) is 0 Å². The molecule has 0 bridgehead atoms. The van der Waals surface area contributed by atoms with E-state index in [1.54, 1.807) is 5.56 Å². The number of hydrogen-bond acceptors (Lipinski definition) is 0.